The first-order valence-electron chi connectivity index (χ1n) is 6.32. The molecule has 19 heavy (non-hydrogen) atoms. The first kappa shape index (κ1) is 14.8. The molecule has 4 nitrogen and oxygen atoms in total. The van der Waals surface area contributed by atoms with Gasteiger partial charge in [-0.15, -0.1) is 0 Å². The maximum absolute atomic E-state index is 12.3. The molecule has 0 aliphatic heterocycles. The lowest BCUT2D eigenvalue weighted by atomic mass is 9.76. The number of pyridine rings is 1. The molecule has 104 valence electrons. The van der Waals surface area contributed by atoms with Crippen LogP contribution in [0.2, 0.25) is 5.15 Å². The van der Waals surface area contributed by atoms with Crippen molar-refractivity contribution in [1.29, 1.82) is 0 Å². The van der Waals surface area contributed by atoms with Gasteiger partial charge in [-0.3, -0.25) is 4.79 Å². The van der Waals surface area contributed by atoms with Crippen LogP contribution in [0.4, 0.5) is 5.69 Å². The zero-order valence-electron chi connectivity index (χ0n) is 10.7. The molecule has 1 aromatic heterocycles. The summed E-state index contributed by atoms with van der Waals surface area (Å²) in [4.78, 5) is 16.3. The fourth-order valence-electron chi connectivity index (χ4n) is 2.54. The van der Waals surface area contributed by atoms with Crippen molar-refractivity contribution in [3.8, 4) is 0 Å². The third-order valence-electron chi connectivity index (χ3n) is 3.54. The summed E-state index contributed by atoms with van der Waals surface area (Å²) in [6, 6.07) is 1.73. The van der Waals surface area contributed by atoms with Crippen molar-refractivity contribution in [1.82, 2.24) is 4.98 Å². The summed E-state index contributed by atoms with van der Waals surface area (Å²) in [6.07, 6.45) is 5.11. The molecule has 0 aromatic carbocycles. The molecule has 1 aliphatic rings. The second-order valence-electron chi connectivity index (χ2n) is 5.31. The molecule has 0 saturated heterocycles. The van der Waals surface area contributed by atoms with Gasteiger partial charge in [-0.25, -0.2) is 4.98 Å². The lowest BCUT2D eigenvalue weighted by molar-refractivity contribution is -0.122. The van der Waals surface area contributed by atoms with Crippen LogP contribution in [0, 0.1) is 5.92 Å². The average Bonchev–Trinajstić information content (AvgIpc) is 2.33. The Labute approximate surface area is 126 Å². The fraction of sp³-hybridized carbons (Fsp3) is 0.538. The van der Waals surface area contributed by atoms with Crippen molar-refractivity contribution in [2.45, 2.75) is 38.1 Å². The Morgan fingerprint density at radius 3 is 3.05 bits per heavy atom. The van der Waals surface area contributed by atoms with E-state index in [1.165, 1.54) is 6.20 Å². The summed E-state index contributed by atoms with van der Waals surface area (Å²) < 4.78 is 0.648. The van der Waals surface area contributed by atoms with Gasteiger partial charge in [0.05, 0.1) is 21.9 Å². The number of anilines is 1. The first-order chi connectivity index (χ1) is 8.90. The maximum atomic E-state index is 12.3. The van der Waals surface area contributed by atoms with Crippen LogP contribution >= 0.6 is 27.5 Å². The highest BCUT2D eigenvalue weighted by molar-refractivity contribution is 9.10. The van der Waals surface area contributed by atoms with Crippen LogP contribution < -0.4 is 11.1 Å². The fourth-order valence-corrected chi connectivity index (χ4v) is 3.00. The van der Waals surface area contributed by atoms with Gasteiger partial charge >= 0.3 is 0 Å². The molecule has 2 atom stereocenters. The number of aromatic nitrogens is 1. The van der Waals surface area contributed by atoms with E-state index in [1.54, 1.807) is 6.07 Å². The second-order valence-corrected chi connectivity index (χ2v) is 6.52. The summed E-state index contributed by atoms with van der Waals surface area (Å²) in [5.41, 5.74) is 6.07. The van der Waals surface area contributed by atoms with Gasteiger partial charge in [0, 0.05) is 0 Å². The number of nitrogens with two attached hydrogens (primary N) is 1. The van der Waals surface area contributed by atoms with Crippen LogP contribution in [0.25, 0.3) is 0 Å². The number of carbonyl (C=O) groups excluding carboxylic acids is 1. The second kappa shape index (κ2) is 5.77. The number of nitrogens with one attached hydrogen (secondary N) is 1. The highest BCUT2D eigenvalue weighted by Gasteiger charge is 2.37. The summed E-state index contributed by atoms with van der Waals surface area (Å²) in [7, 11) is 0. The van der Waals surface area contributed by atoms with Gasteiger partial charge in [-0.2, -0.15) is 0 Å². The van der Waals surface area contributed by atoms with Crippen LogP contribution in [0.1, 0.15) is 32.6 Å². The molecule has 1 saturated carbocycles. The number of halogens is 2. The Bertz CT molecular complexity index is 497. The average molecular weight is 347 g/mol. The van der Waals surface area contributed by atoms with Crippen molar-refractivity contribution in [3.05, 3.63) is 21.9 Å². The number of amides is 1. The van der Waals surface area contributed by atoms with E-state index in [0.29, 0.717) is 21.2 Å². The van der Waals surface area contributed by atoms with E-state index in [4.69, 9.17) is 17.3 Å². The predicted molar refractivity (Wildman–Crippen MR) is 80.1 cm³/mol. The zero-order valence-corrected chi connectivity index (χ0v) is 13.1. The number of hydrogen-bond donors (Lipinski definition) is 2. The molecule has 3 N–H and O–H groups in total. The Morgan fingerprint density at radius 2 is 2.42 bits per heavy atom. The molecule has 1 aromatic rings. The zero-order chi connectivity index (χ0) is 14.0. The van der Waals surface area contributed by atoms with Gasteiger partial charge in [-0.1, -0.05) is 31.4 Å². The van der Waals surface area contributed by atoms with Gasteiger partial charge in [0.1, 0.15) is 5.15 Å². The Morgan fingerprint density at radius 1 is 1.68 bits per heavy atom. The quantitative estimate of drug-likeness (QED) is 0.807. The summed E-state index contributed by atoms with van der Waals surface area (Å²) in [6.45, 7) is 2.13. The van der Waals surface area contributed by atoms with Gasteiger partial charge < -0.3 is 11.1 Å². The number of nitrogens with zero attached hydrogens (tertiary/aromatic N) is 1. The van der Waals surface area contributed by atoms with E-state index in [0.717, 1.165) is 25.7 Å². The maximum Gasteiger partial charge on any atom is 0.244 e. The topological polar surface area (TPSA) is 68.0 Å². The summed E-state index contributed by atoms with van der Waals surface area (Å²) in [5, 5.41) is 3.19. The van der Waals surface area contributed by atoms with Crippen LogP contribution in [-0.4, -0.2) is 16.4 Å². The lowest BCUT2D eigenvalue weighted by Gasteiger charge is -2.35. The highest BCUT2D eigenvalue weighted by atomic mass is 79.9. The Kier molecular flexibility index (Phi) is 4.48. The van der Waals surface area contributed by atoms with E-state index in [-0.39, 0.29) is 5.91 Å². The molecular formula is C13H17BrClN3O. The minimum Gasteiger partial charge on any atom is -0.323 e. The molecule has 1 heterocycles. The van der Waals surface area contributed by atoms with Crippen molar-refractivity contribution in [2.24, 2.45) is 11.7 Å². The molecule has 0 bridgehead atoms. The first-order valence-corrected chi connectivity index (χ1v) is 7.49. The minimum absolute atomic E-state index is 0.143. The molecule has 1 fully saturated rings. The van der Waals surface area contributed by atoms with Gasteiger partial charge in [-0.05, 0) is 40.8 Å². The monoisotopic (exact) mass is 345 g/mol. The van der Waals surface area contributed by atoms with Crippen molar-refractivity contribution < 1.29 is 4.79 Å². The number of rotatable bonds is 2. The van der Waals surface area contributed by atoms with Crippen LogP contribution in [0.15, 0.2) is 16.7 Å². The Balaban J connectivity index is 2.09. The third-order valence-corrected chi connectivity index (χ3v) is 4.67. The van der Waals surface area contributed by atoms with Gasteiger partial charge in [0.15, 0.2) is 0 Å². The molecule has 2 unspecified atom stereocenters. The standard InChI is InChI=1S/C13H17BrClN3O/c1-8-3-2-4-13(16,6-8)12(19)18-9-5-10(14)11(15)17-7-9/h5,7-8H,2-4,6,16H2,1H3,(H,18,19). The lowest BCUT2D eigenvalue weighted by Crippen LogP contribution is -2.53. The normalized spacial score (nSPS) is 27.1. The summed E-state index contributed by atoms with van der Waals surface area (Å²) in [5.74, 6) is 0.342. The van der Waals surface area contributed by atoms with E-state index in [2.05, 4.69) is 33.2 Å². The van der Waals surface area contributed by atoms with Crippen LogP contribution in [0.3, 0.4) is 0 Å². The highest BCUT2D eigenvalue weighted by Crippen LogP contribution is 2.31. The molecule has 1 aliphatic carbocycles. The molecule has 1 amide bonds. The third kappa shape index (κ3) is 3.46. The predicted octanol–water partition coefficient (Wildman–Crippen LogP) is 3.34. The van der Waals surface area contributed by atoms with Gasteiger partial charge in [0.2, 0.25) is 5.91 Å². The van der Waals surface area contributed by atoms with Crippen molar-refractivity contribution >= 4 is 39.1 Å². The number of carbonyl (C=O) groups is 1. The van der Waals surface area contributed by atoms with E-state index < -0.39 is 5.54 Å². The van der Waals surface area contributed by atoms with E-state index in [1.807, 2.05) is 0 Å². The molecule has 2 rings (SSSR count). The smallest absolute Gasteiger partial charge is 0.244 e. The largest absolute Gasteiger partial charge is 0.323 e. The van der Waals surface area contributed by atoms with Crippen LogP contribution in [0.5, 0.6) is 0 Å². The Hall–Kier alpha value is -0.650. The van der Waals surface area contributed by atoms with E-state index >= 15 is 0 Å². The molecule has 6 heteroatoms. The minimum atomic E-state index is -0.774. The van der Waals surface area contributed by atoms with Crippen molar-refractivity contribution in [2.75, 3.05) is 5.32 Å². The van der Waals surface area contributed by atoms with Gasteiger partial charge in [0.25, 0.3) is 0 Å². The van der Waals surface area contributed by atoms with E-state index in [9.17, 15) is 4.79 Å². The van der Waals surface area contributed by atoms with Crippen molar-refractivity contribution in [3.63, 3.8) is 0 Å². The molecule has 0 spiro atoms. The molecule has 0 radical (unpaired) electrons. The molecular weight excluding hydrogens is 330 g/mol. The number of hydrogen-bond acceptors (Lipinski definition) is 3. The SMILES string of the molecule is CC1CCCC(N)(C(=O)Nc2cnc(Cl)c(Br)c2)C1. The van der Waals surface area contributed by atoms with Crippen LogP contribution in [-0.2, 0) is 4.79 Å². The summed E-state index contributed by atoms with van der Waals surface area (Å²) >= 11 is 9.09.